The van der Waals surface area contributed by atoms with Gasteiger partial charge in [0.25, 0.3) is 0 Å². The molecule has 2 nitrogen and oxygen atoms in total. The number of halogens is 1. The second kappa shape index (κ2) is 6.11. The van der Waals surface area contributed by atoms with Crippen molar-refractivity contribution in [2.75, 3.05) is 13.2 Å². The van der Waals surface area contributed by atoms with Crippen molar-refractivity contribution >= 4 is 11.6 Å². The van der Waals surface area contributed by atoms with Gasteiger partial charge in [0.1, 0.15) is 0 Å². The second-order valence-electron chi connectivity index (χ2n) is 3.69. The van der Waals surface area contributed by atoms with Crippen molar-refractivity contribution < 1.29 is 4.74 Å². The molecule has 0 aliphatic carbocycles. The van der Waals surface area contributed by atoms with E-state index in [1.165, 1.54) is 0 Å². The van der Waals surface area contributed by atoms with Gasteiger partial charge in [-0.3, -0.25) is 0 Å². The van der Waals surface area contributed by atoms with Crippen LogP contribution in [0.2, 0.25) is 5.02 Å². The molecule has 84 valence electrons. The quantitative estimate of drug-likeness (QED) is 0.785. The summed E-state index contributed by atoms with van der Waals surface area (Å²) in [6.07, 6.45) is 1.02. The van der Waals surface area contributed by atoms with Crippen molar-refractivity contribution in [2.24, 2.45) is 5.73 Å². The van der Waals surface area contributed by atoms with Crippen molar-refractivity contribution in [3.63, 3.8) is 0 Å². The molecule has 0 fully saturated rings. The third kappa shape index (κ3) is 3.82. The Hall–Kier alpha value is -0.570. The molecule has 0 saturated heterocycles. The summed E-state index contributed by atoms with van der Waals surface area (Å²) in [5, 5.41) is 0.762. The van der Waals surface area contributed by atoms with Crippen LogP contribution >= 0.6 is 11.6 Å². The zero-order valence-electron chi connectivity index (χ0n) is 9.29. The standard InChI is InChI=1S/C12H18ClNO/c1-3-6-15-8-12(14)10-5-4-9(2)11(13)7-10/h4-5,7,12H,3,6,8,14H2,1-2H3. The zero-order valence-corrected chi connectivity index (χ0v) is 10.1. The van der Waals surface area contributed by atoms with Crippen molar-refractivity contribution in [2.45, 2.75) is 26.3 Å². The average Bonchev–Trinajstić information content (AvgIpc) is 2.22. The highest BCUT2D eigenvalue weighted by atomic mass is 35.5. The number of ether oxygens (including phenoxy) is 1. The summed E-state index contributed by atoms with van der Waals surface area (Å²) < 4.78 is 5.40. The molecule has 3 heteroatoms. The Morgan fingerprint density at radius 1 is 1.47 bits per heavy atom. The molecule has 0 radical (unpaired) electrons. The topological polar surface area (TPSA) is 35.2 Å². The van der Waals surface area contributed by atoms with Gasteiger partial charge in [0.05, 0.1) is 12.6 Å². The summed E-state index contributed by atoms with van der Waals surface area (Å²) in [5.41, 5.74) is 8.07. The van der Waals surface area contributed by atoms with Crippen LogP contribution in [0.4, 0.5) is 0 Å². The van der Waals surface area contributed by atoms with Crippen LogP contribution in [0.15, 0.2) is 18.2 Å². The van der Waals surface area contributed by atoms with E-state index in [9.17, 15) is 0 Å². The molecule has 15 heavy (non-hydrogen) atoms. The van der Waals surface area contributed by atoms with Crippen LogP contribution in [0.3, 0.4) is 0 Å². The minimum absolute atomic E-state index is 0.0883. The van der Waals surface area contributed by atoms with E-state index in [1.807, 2.05) is 25.1 Å². The van der Waals surface area contributed by atoms with Gasteiger partial charge in [-0.1, -0.05) is 30.7 Å². The monoisotopic (exact) mass is 227 g/mol. The van der Waals surface area contributed by atoms with Crippen LogP contribution in [-0.2, 0) is 4.74 Å². The normalized spacial score (nSPS) is 12.8. The predicted octanol–water partition coefficient (Wildman–Crippen LogP) is 3.07. The molecule has 0 saturated carbocycles. The molecule has 1 aromatic carbocycles. The van der Waals surface area contributed by atoms with Crippen molar-refractivity contribution in [1.82, 2.24) is 0 Å². The molecular weight excluding hydrogens is 210 g/mol. The van der Waals surface area contributed by atoms with Gasteiger partial charge in [-0.2, -0.15) is 0 Å². The van der Waals surface area contributed by atoms with E-state index < -0.39 is 0 Å². The summed E-state index contributed by atoms with van der Waals surface area (Å²) in [6, 6.07) is 5.81. The molecular formula is C12H18ClNO. The van der Waals surface area contributed by atoms with Gasteiger partial charge in [0, 0.05) is 11.6 Å². The molecule has 0 spiro atoms. The van der Waals surface area contributed by atoms with Gasteiger partial charge in [-0.25, -0.2) is 0 Å². The van der Waals surface area contributed by atoms with Crippen LogP contribution in [0.25, 0.3) is 0 Å². The Balaban J connectivity index is 2.57. The maximum Gasteiger partial charge on any atom is 0.0659 e. The number of nitrogens with two attached hydrogens (primary N) is 1. The van der Waals surface area contributed by atoms with E-state index in [2.05, 4.69) is 6.92 Å². The fraction of sp³-hybridized carbons (Fsp3) is 0.500. The Kier molecular flexibility index (Phi) is 5.09. The van der Waals surface area contributed by atoms with Gasteiger partial charge in [0.2, 0.25) is 0 Å². The first-order chi connectivity index (χ1) is 7.15. The third-order valence-corrected chi connectivity index (χ3v) is 2.68. The largest absolute Gasteiger partial charge is 0.379 e. The Bertz CT molecular complexity index is 314. The smallest absolute Gasteiger partial charge is 0.0659 e. The van der Waals surface area contributed by atoms with Crippen LogP contribution in [-0.4, -0.2) is 13.2 Å². The van der Waals surface area contributed by atoms with E-state index in [1.54, 1.807) is 0 Å². The number of hydrogen-bond acceptors (Lipinski definition) is 2. The lowest BCUT2D eigenvalue weighted by atomic mass is 10.1. The van der Waals surface area contributed by atoms with Crippen molar-refractivity contribution in [3.05, 3.63) is 34.3 Å². The first kappa shape index (κ1) is 12.5. The first-order valence-electron chi connectivity index (χ1n) is 5.24. The third-order valence-electron chi connectivity index (χ3n) is 2.27. The van der Waals surface area contributed by atoms with Crippen molar-refractivity contribution in [1.29, 1.82) is 0 Å². The molecule has 0 aromatic heterocycles. The minimum Gasteiger partial charge on any atom is -0.379 e. The number of hydrogen-bond donors (Lipinski definition) is 1. The number of benzene rings is 1. The fourth-order valence-corrected chi connectivity index (χ4v) is 1.48. The highest BCUT2D eigenvalue weighted by Gasteiger charge is 2.07. The van der Waals surface area contributed by atoms with E-state index in [0.717, 1.165) is 29.2 Å². The van der Waals surface area contributed by atoms with E-state index >= 15 is 0 Å². The zero-order chi connectivity index (χ0) is 11.3. The Morgan fingerprint density at radius 2 is 2.20 bits per heavy atom. The maximum absolute atomic E-state index is 6.02. The molecule has 0 aliphatic rings. The summed E-state index contributed by atoms with van der Waals surface area (Å²) in [5.74, 6) is 0. The fourth-order valence-electron chi connectivity index (χ4n) is 1.29. The molecule has 1 aromatic rings. The SMILES string of the molecule is CCCOCC(N)c1ccc(C)c(Cl)c1. The second-order valence-corrected chi connectivity index (χ2v) is 4.10. The Labute approximate surface area is 96.4 Å². The Morgan fingerprint density at radius 3 is 2.80 bits per heavy atom. The molecule has 0 amide bonds. The van der Waals surface area contributed by atoms with Crippen LogP contribution in [0.1, 0.15) is 30.5 Å². The van der Waals surface area contributed by atoms with Crippen LogP contribution < -0.4 is 5.73 Å². The highest BCUT2D eigenvalue weighted by Crippen LogP contribution is 2.20. The molecule has 1 unspecified atom stereocenters. The minimum atomic E-state index is -0.0883. The van der Waals surface area contributed by atoms with E-state index in [4.69, 9.17) is 22.1 Å². The first-order valence-corrected chi connectivity index (χ1v) is 5.62. The lowest BCUT2D eigenvalue weighted by Gasteiger charge is -2.13. The average molecular weight is 228 g/mol. The highest BCUT2D eigenvalue weighted by molar-refractivity contribution is 6.31. The van der Waals surface area contributed by atoms with Gasteiger partial charge in [-0.15, -0.1) is 0 Å². The van der Waals surface area contributed by atoms with E-state index in [-0.39, 0.29) is 6.04 Å². The maximum atomic E-state index is 6.02. The molecule has 0 heterocycles. The molecule has 1 atom stereocenters. The van der Waals surface area contributed by atoms with Gasteiger partial charge in [0.15, 0.2) is 0 Å². The predicted molar refractivity (Wildman–Crippen MR) is 64.2 cm³/mol. The molecule has 1 rings (SSSR count). The molecule has 0 aliphatic heterocycles. The number of aryl methyl sites for hydroxylation is 1. The number of rotatable bonds is 5. The lowest BCUT2D eigenvalue weighted by Crippen LogP contribution is -2.17. The summed E-state index contributed by atoms with van der Waals surface area (Å²) in [7, 11) is 0. The van der Waals surface area contributed by atoms with Gasteiger partial charge >= 0.3 is 0 Å². The van der Waals surface area contributed by atoms with Gasteiger partial charge in [-0.05, 0) is 30.5 Å². The van der Waals surface area contributed by atoms with E-state index in [0.29, 0.717) is 6.61 Å². The summed E-state index contributed by atoms with van der Waals surface area (Å²) in [6.45, 7) is 5.36. The summed E-state index contributed by atoms with van der Waals surface area (Å²) in [4.78, 5) is 0. The molecule has 2 N–H and O–H groups in total. The van der Waals surface area contributed by atoms with Gasteiger partial charge < -0.3 is 10.5 Å². The summed E-state index contributed by atoms with van der Waals surface area (Å²) >= 11 is 6.02. The van der Waals surface area contributed by atoms with Crippen LogP contribution in [0, 0.1) is 6.92 Å². The van der Waals surface area contributed by atoms with Crippen molar-refractivity contribution in [3.8, 4) is 0 Å². The lowest BCUT2D eigenvalue weighted by molar-refractivity contribution is 0.121. The molecule has 0 bridgehead atoms. The van der Waals surface area contributed by atoms with Crippen LogP contribution in [0.5, 0.6) is 0 Å².